The molecule has 2 atom stereocenters. The van der Waals surface area contributed by atoms with Gasteiger partial charge in [-0.25, -0.2) is 8.42 Å². The zero-order valence-corrected chi connectivity index (χ0v) is 19.5. The van der Waals surface area contributed by atoms with Crippen molar-refractivity contribution < 1.29 is 13.2 Å². The van der Waals surface area contributed by atoms with Crippen LogP contribution in [-0.2, 0) is 27.7 Å². The molecule has 1 amide bonds. The number of sulfonamides is 1. The maximum absolute atomic E-state index is 13.0. The van der Waals surface area contributed by atoms with Crippen LogP contribution >= 0.6 is 11.6 Å². The Morgan fingerprint density at radius 1 is 1.07 bits per heavy atom. The predicted molar refractivity (Wildman–Crippen MR) is 123 cm³/mol. The Kier molecular flexibility index (Phi) is 6.78. The van der Waals surface area contributed by atoms with Gasteiger partial charge in [-0.3, -0.25) is 9.10 Å². The topological polar surface area (TPSA) is 66.5 Å². The molecular formula is C23H29ClN2O3S. The first-order chi connectivity index (χ1) is 14.1. The van der Waals surface area contributed by atoms with Crippen molar-refractivity contribution in [2.45, 2.75) is 58.5 Å². The van der Waals surface area contributed by atoms with Crippen molar-refractivity contribution in [3.63, 3.8) is 0 Å². The number of hydrogen-bond acceptors (Lipinski definition) is 3. The average molecular weight is 449 g/mol. The van der Waals surface area contributed by atoms with Crippen LogP contribution in [0.1, 0.15) is 55.0 Å². The molecule has 1 N–H and O–H groups in total. The number of hydrogen-bond donors (Lipinski definition) is 1. The van der Waals surface area contributed by atoms with Gasteiger partial charge in [0.15, 0.2) is 0 Å². The first kappa shape index (κ1) is 22.6. The lowest BCUT2D eigenvalue weighted by molar-refractivity contribution is -0.122. The van der Waals surface area contributed by atoms with E-state index in [1.165, 1.54) is 24.0 Å². The zero-order chi connectivity index (χ0) is 22.1. The van der Waals surface area contributed by atoms with Gasteiger partial charge in [-0.05, 0) is 80.8 Å². The second-order valence-corrected chi connectivity index (χ2v) is 10.4. The van der Waals surface area contributed by atoms with Crippen molar-refractivity contribution in [1.29, 1.82) is 0 Å². The minimum atomic E-state index is -3.69. The molecule has 0 heterocycles. The van der Waals surface area contributed by atoms with Crippen LogP contribution in [0.25, 0.3) is 0 Å². The second-order valence-electron chi connectivity index (χ2n) is 8.13. The van der Waals surface area contributed by atoms with Gasteiger partial charge in [0.1, 0.15) is 6.04 Å². The highest BCUT2D eigenvalue weighted by atomic mass is 35.5. The normalized spacial score (nSPS) is 15.8. The molecule has 1 aliphatic rings. The summed E-state index contributed by atoms with van der Waals surface area (Å²) in [7, 11) is -3.69. The lowest BCUT2D eigenvalue weighted by Gasteiger charge is -2.29. The van der Waals surface area contributed by atoms with E-state index < -0.39 is 16.1 Å². The van der Waals surface area contributed by atoms with Crippen LogP contribution < -0.4 is 9.62 Å². The van der Waals surface area contributed by atoms with Crippen LogP contribution in [0.2, 0.25) is 5.02 Å². The van der Waals surface area contributed by atoms with Crippen LogP contribution in [-0.4, -0.2) is 26.6 Å². The number of fused-ring (bicyclic) bond motifs is 1. The van der Waals surface area contributed by atoms with Crippen LogP contribution in [0, 0.1) is 6.92 Å². The van der Waals surface area contributed by atoms with Gasteiger partial charge in [-0.1, -0.05) is 35.9 Å². The van der Waals surface area contributed by atoms with Gasteiger partial charge in [0.05, 0.1) is 18.0 Å². The van der Waals surface area contributed by atoms with E-state index in [9.17, 15) is 13.2 Å². The summed E-state index contributed by atoms with van der Waals surface area (Å²) in [6, 6.07) is 10.2. The smallest absolute Gasteiger partial charge is 0.244 e. The Morgan fingerprint density at radius 2 is 1.73 bits per heavy atom. The number of halogens is 1. The molecule has 5 nitrogen and oxygen atoms in total. The predicted octanol–water partition coefficient (Wildman–Crippen LogP) is 4.56. The van der Waals surface area contributed by atoms with E-state index in [2.05, 4.69) is 17.4 Å². The van der Waals surface area contributed by atoms with E-state index in [1.807, 2.05) is 19.9 Å². The Bertz CT molecular complexity index is 1050. The standard InChI is InChI=1S/C23H29ClN2O3S/c1-15-9-12-21(14-22(15)24)26(30(4,28)29)17(3)23(27)25-16(2)19-11-10-18-7-5-6-8-20(18)13-19/h9-14,16-17H,5-8H2,1-4H3,(H,25,27)/t16-,17-/m0/s1. The molecule has 0 fully saturated rings. The highest BCUT2D eigenvalue weighted by Gasteiger charge is 2.30. The van der Waals surface area contributed by atoms with Gasteiger partial charge in [-0.2, -0.15) is 0 Å². The molecule has 0 aromatic heterocycles. The van der Waals surface area contributed by atoms with E-state index in [4.69, 9.17) is 11.6 Å². The van der Waals surface area contributed by atoms with E-state index in [-0.39, 0.29) is 11.9 Å². The van der Waals surface area contributed by atoms with Crippen molar-refractivity contribution in [1.82, 2.24) is 5.32 Å². The maximum Gasteiger partial charge on any atom is 0.244 e. The number of amides is 1. The number of nitrogens with one attached hydrogen (secondary N) is 1. The van der Waals surface area contributed by atoms with Gasteiger partial charge in [0.2, 0.25) is 15.9 Å². The van der Waals surface area contributed by atoms with E-state index in [0.717, 1.165) is 34.5 Å². The van der Waals surface area contributed by atoms with Gasteiger partial charge >= 0.3 is 0 Å². The van der Waals surface area contributed by atoms with Gasteiger partial charge in [0, 0.05) is 5.02 Å². The summed E-state index contributed by atoms with van der Waals surface area (Å²) < 4.78 is 26.1. The monoisotopic (exact) mass is 448 g/mol. The molecule has 162 valence electrons. The maximum atomic E-state index is 13.0. The van der Waals surface area contributed by atoms with Gasteiger partial charge in [-0.15, -0.1) is 0 Å². The highest BCUT2D eigenvalue weighted by Crippen LogP contribution is 2.28. The molecule has 0 saturated heterocycles. The van der Waals surface area contributed by atoms with Crippen LogP contribution in [0.3, 0.4) is 0 Å². The minimum absolute atomic E-state index is 0.227. The number of nitrogens with zero attached hydrogens (tertiary/aromatic N) is 1. The molecule has 1 aliphatic carbocycles. The van der Waals surface area contributed by atoms with Crippen molar-refractivity contribution in [3.8, 4) is 0 Å². The third-order valence-corrected chi connectivity index (χ3v) is 7.38. The number of benzene rings is 2. The highest BCUT2D eigenvalue weighted by molar-refractivity contribution is 7.92. The molecular weight excluding hydrogens is 420 g/mol. The van der Waals surface area contributed by atoms with Crippen molar-refractivity contribution in [2.24, 2.45) is 0 Å². The van der Waals surface area contributed by atoms with E-state index in [0.29, 0.717) is 10.7 Å². The molecule has 0 unspecified atom stereocenters. The fourth-order valence-electron chi connectivity index (χ4n) is 3.97. The lowest BCUT2D eigenvalue weighted by Crippen LogP contribution is -2.48. The molecule has 2 aromatic rings. The van der Waals surface area contributed by atoms with E-state index in [1.54, 1.807) is 25.1 Å². The SMILES string of the molecule is Cc1ccc(N([C@@H](C)C(=O)N[C@@H](C)c2ccc3c(c2)CCCC3)S(C)(=O)=O)cc1Cl. The molecule has 3 rings (SSSR count). The molecule has 2 aromatic carbocycles. The fraction of sp³-hybridized carbons (Fsp3) is 0.435. The Morgan fingerprint density at radius 3 is 2.37 bits per heavy atom. The quantitative estimate of drug-likeness (QED) is 0.704. The second kappa shape index (κ2) is 8.98. The van der Waals surface area contributed by atoms with Crippen molar-refractivity contribution >= 4 is 33.2 Å². The van der Waals surface area contributed by atoms with Gasteiger partial charge < -0.3 is 5.32 Å². The van der Waals surface area contributed by atoms with E-state index >= 15 is 0 Å². The summed E-state index contributed by atoms with van der Waals surface area (Å²) in [6.45, 7) is 5.35. The summed E-state index contributed by atoms with van der Waals surface area (Å²) in [5.41, 5.74) is 4.97. The van der Waals surface area contributed by atoms with Crippen molar-refractivity contribution in [2.75, 3.05) is 10.6 Å². The molecule has 0 saturated carbocycles. The summed E-state index contributed by atoms with van der Waals surface area (Å²) in [5.74, 6) is -0.359. The molecule has 7 heteroatoms. The first-order valence-corrected chi connectivity index (χ1v) is 12.5. The largest absolute Gasteiger partial charge is 0.348 e. The zero-order valence-electron chi connectivity index (χ0n) is 17.9. The third-order valence-electron chi connectivity index (χ3n) is 5.73. The molecule has 0 aliphatic heterocycles. The van der Waals surface area contributed by atoms with Crippen LogP contribution in [0.5, 0.6) is 0 Å². The number of aryl methyl sites for hydroxylation is 3. The number of carbonyl (C=O) groups excluding carboxylic acids is 1. The van der Waals surface area contributed by atoms with Gasteiger partial charge in [0.25, 0.3) is 0 Å². The number of rotatable bonds is 6. The summed E-state index contributed by atoms with van der Waals surface area (Å²) in [5, 5.41) is 3.43. The van der Waals surface area contributed by atoms with Crippen LogP contribution in [0.15, 0.2) is 36.4 Å². The Hall–Kier alpha value is -2.05. The summed E-state index contributed by atoms with van der Waals surface area (Å²) in [6.07, 6.45) is 5.68. The van der Waals surface area contributed by atoms with Crippen LogP contribution in [0.4, 0.5) is 5.69 Å². The Labute approximate surface area is 184 Å². The Balaban J connectivity index is 1.80. The first-order valence-electron chi connectivity index (χ1n) is 10.3. The molecule has 0 bridgehead atoms. The third kappa shape index (κ3) is 4.98. The molecule has 0 radical (unpaired) electrons. The molecule has 0 spiro atoms. The summed E-state index contributed by atoms with van der Waals surface area (Å²) >= 11 is 6.19. The lowest BCUT2D eigenvalue weighted by atomic mass is 9.89. The number of anilines is 1. The summed E-state index contributed by atoms with van der Waals surface area (Å²) in [4.78, 5) is 13.0. The minimum Gasteiger partial charge on any atom is -0.348 e. The average Bonchev–Trinajstić information content (AvgIpc) is 2.69. The number of carbonyl (C=O) groups is 1. The molecule has 30 heavy (non-hydrogen) atoms. The van der Waals surface area contributed by atoms with Crippen molar-refractivity contribution in [3.05, 3.63) is 63.7 Å². The fourth-order valence-corrected chi connectivity index (χ4v) is 5.31.